The average Bonchev–Trinajstić information content (AvgIpc) is 2.63. The molecule has 0 saturated carbocycles. The fourth-order valence-electron chi connectivity index (χ4n) is 2.51. The molecule has 0 aromatic heterocycles. The maximum atomic E-state index is 12.9. The van der Waals surface area contributed by atoms with Crippen LogP contribution in [0.2, 0.25) is 5.02 Å². The zero-order chi connectivity index (χ0) is 20.0. The molecule has 27 heavy (non-hydrogen) atoms. The summed E-state index contributed by atoms with van der Waals surface area (Å²) in [6.45, 7) is 5.72. The van der Waals surface area contributed by atoms with Gasteiger partial charge in [0.15, 0.2) is 0 Å². The zero-order valence-electron chi connectivity index (χ0n) is 15.5. The fraction of sp³-hybridized carbons (Fsp3) is 0.316. The lowest BCUT2D eigenvalue weighted by Crippen LogP contribution is -2.37. The van der Waals surface area contributed by atoms with Gasteiger partial charge in [0.2, 0.25) is 15.9 Å². The SMILES string of the molecule is CCOc1ccc(S(=O)(=O)N(CC)CC(=O)Nc2ccc(Cl)cc2)cc1C. The lowest BCUT2D eigenvalue weighted by Gasteiger charge is -2.20. The van der Waals surface area contributed by atoms with Crippen molar-refractivity contribution in [2.75, 3.05) is 25.0 Å². The van der Waals surface area contributed by atoms with Crippen LogP contribution in [0.5, 0.6) is 5.75 Å². The molecule has 0 saturated heterocycles. The average molecular weight is 411 g/mol. The van der Waals surface area contributed by atoms with Crippen LogP contribution in [0, 0.1) is 6.92 Å². The molecule has 1 N–H and O–H groups in total. The molecule has 0 aliphatic heterocycles. The van der Waals surface area contributed by atoms with Gasteiger partial charge >= 0.3 is 0 Å². The Labute approximate surface area is 165 Å². The lowest BCUT2D eigenvalue weighted by atomic mass is 10.2. The number of carbonyl (C=O) groups is 1. The minimum Gasteiger partial charge on any atom is -0.494 e. The molecule has 0 fully saturated rings. The van der Waals surface area contributed by atoms with Crippen molar-refractivity contribution in [3.8, 4) is 5.75 Å². The minimum absolute atomic E-state index is 0.129. The van der Waals surface area contributed by atoms with Crippen LogP contribution in [-0.4, -0.2) is 38.3 Å². The molecule has 0 bridgehead atoms. The van der Waals surface area contributed by atoms with Gasteiger partial charge in [-0.25, -0.2) is 8.42 Å². The third-order valence-corrected chi connectivity index (χ3v) is 6.05. The van der Waals surface area contributed by atoms with E-state index in [0.29, 0.717) is 23.1 Å². The van der Waals surface area contributed by atoms with E-state index in [2.05, 4.69) is 5.32 Å². The van der Waals surface area contributed by atoms with E-state index < -0.39 is 15.9 Å². The number of hydrogen-bond acceptors (Lipinski definition) is 4. The predicted molar refractivity (Wildman–Crippen MR) is 107 cm³/mol. The summed E-state index contributed by atoms with van der Waals surface area (Å²) < 4.78 is 32.4. The summed E-state index contributed by atoms with van der Waals surface area (Å²) >= 11 is 5.82. The predicted octanol–water partition coefficient (Wildman–Crippen LogP) is 3.70. The maximum Gasteiger partial charge on any atom is 0.243 e. The van der Waals surface area contributed by atoms with Gasteiger partial charge in [0, 0.05) is 17.3 Å². The number of amides is 1. The first-order valence-electron chi connectivity index (χ1n) is 8.57. The van der Waals surface area contributed by atoms with E-state index in [4.69, 9.17) is 16.3 Å². The maximum absolute atomic E-state index is 12.9. The van der Waals surface area contributed by atoms with Gasteiger partial charge in [-0.1, -0.05) is 18.5 Å². The normalized spacial score (nSPS) is 11.4. The molecule has 2 aromatic carbocycles. The first kappa shape index (κ1) is 21.2. The smallest absolute Gasteiger partial charge is 0.243 e. The molecule has 1 amide bonds. The van der Waals surface area contributed by atoms with E-state index in [9.17, 15) is 13.2 Å². The van der Waals surface area contributed by atoms with Crippen LogP contribution in [0.25, 0.3) is 0 Å². The Hall–Kier alpha value is -2.09. The zero-order valence-corrected chi connectivity index (χ0v) is 17.1. The Morgan fingerprint density at radius 2 is 1.81 bits per heavy atom. The van der Waals surface area contributed by atoms with Crippen molar-refractivity contribution in [2.45, 2.75) is 25.7 Å². The molecule has 6 nitrogen and oxygen atoms in total. The van der Waals surface area contributed by atoms with Gasteiger partial charge in [-0.05, 0) is 61.9 Å². The standard InChI is InChI=1S/C19H23ClN2O4S/c1-4-22(13-19(23)21-16-8-6-15(20)7-9-16)27(24,25)17-10-11-18(26-5-2)14(3)12-17/h6-12H,4-5,13H2,1-3H3,(H,21,23). The third kappa shape index (κ3) is 5.45. The van der Waals surface area contributed by atoms with E-state index in [0.717, 1.165) is 9.87 Å². The highest BCUT2D eigenvalue weighted by atomic mass is 35.5. The Balaban J connectivity index is 2.15. The Morgan fingerprint density at radius 3 is 2.37 bits per heavy atom. The number of halogens is 1. The Kier molecular flexibility index (Phi) is 7.24. The molecule has 0 unspecified atom stereocenters. The molecule has 2 aromatic rings. The molecule has 0 radical (unpaired) electrons. The molecular formula is C19H23ClN2O4S. The van der Waals surface area contributed by atoms with E-state index in [1.54, 1.807) is 50.2 Å². The van der Waals surface area contributed by atoms with Gasteiger partial charge in [0.1, 0.15) is 5.75 Å². The highest BCUT2D eigenvalue weighted by molar-refractivity contribution is 7.89. The van der Waals surface area contributed by atoms with Crippen molar-refractivity contribution in [3.63, 3.8) is 0 Å². The van der Waals surface area contributed by atoms with E-state index in [1.165, 1.54) is 6.07 Å². The van der Waals surface area contributed by atoms with Crippen molar-refractivity contribution in [1.82, 2.24) is 4.31 Å². The molecule has 8 heteroatoms. The van der Waals surface area contributed by atoms with Gasteiger partial charge in [0.25, 0.3) is 0 Å². The van der Waals surface area contributed by atoms with Crippen LogP contribution in [0.15, 0.2) is 47.4 Å². The van der Waals surface area contributed by atoms with Crippen LogP contribution < -0.4 is 10.1 Å². The van der Waals surface area contributed by atoms with Crippen molar-refractivity contribution in [3.05, 3.63) is 53.1 Å². The largest absolute Gasteiger partial charge is 0.494 e. The number of aryl methyl sites for hydroxylation is 1. The van der Waals surface area contributed by atoms with Gasteiger partial charge in [-0.15, -0.1) is 0 Å². The number of likely N-dealkylation sites (N-methyl/N-ethyl adjacent to an activating group) is 1. The van der Waals surface area contributed by atoms with Gasteiger partial charge in [-0.2, -0.15) is 4.31 Å². The molecule has 2 rings (SSSR count). The first-order chi connectivity index (χ1) is 12.8. The second-order valence-electron chi connectivity index (χ2n) is 5.85. The Bertz CT molecular complexity index is 898. The van der Waals surface area contributed by atoms with Gasteiger partial charge < -0.3 is 10.1 Å². The Morgan fingerprint density at radius 1 is 1.15 bits per heavy atom. The second-order valence-corrected chi connectivity index (χ2v) is 8.22. The number of sulfonamides is 1. The number of carbonyl (C=O) groups excluding carboxylic acids is 1. The van der Waals surface area contributed by atoms with Crippen molar-refractivity contribution in [1.29, 1.82) is 0 Å². The second kappa shape index (κ2) is 9.21. The van der Waals surface area contributed by atoms with Crippen LogP contribution >= 0.6 is 11.6 Å². The van der Waals surface area contributed by atoms with Crippen molar-refractivity contribution < 1.29 is 17.9 Å². The van der Waals surface area contributed by atoms with Crippen LogP contribution in [0.4, 0.5) is 5.69 Å². The molecule has 0 spiro atoms. The number of nitrogens with zero attached hydrogens (tertiary/aromatic N) is 1. The summed E-state index contributed by atoms with van der Waals surface area (Å²) in [5.74, 6) is 0.213. The lowest BCUT2D eigenvalue weighted by molar-refractivity contribution is -0.116. The highest BCUT2D eigenvalue weighted by Gasteiger charge is 2.26. The monoisotopic (exact) mass is 410 g/mol. The molecule has 0 heterocycles. The quantitative estimate of drug-likeness (QED) is 0.720. The summed E-state index contributed by atoms with van der Waals surface area (Å²) in [5, 5.41) is 3.22. The molecular weight excluding hydrogens is 388 g/mol. The number of anilines is 1. The fourth-order valence-corrected chi connectivity index (χ4v) is 4.13. The number of rotatable bonds is 8. The number of nitrogens with one attached hydrogen (secondary N) is 1. The minimum atomic E-state index is -3.80. The number of hydrogen-bond donors (Lipinski definition) is 1. The van der Waals surface area contributed by atoms with Crippen molar-refractivity contribution >= 4 is 33.2 Å². The molecule has 0 atom stereocenters. The molecule has 0 aliphatic rings. The van der Waals surface area contributed by atoms with Crippen LogP contribution in [0.1, 0.15) is 19.4 Å². The van der Waals surface area contributed by atoms with Crippen LogP contribution in [0.3, 0.4) is 0 Å². The van der Waals surface area contributed by atoms with Gasteiger partial charge in [-0.3, -0.25) is 4.79 Å². The molecule has 0 aliphatic carbocycles. The van der Waals surface area contributed by atoms with Crippen LogP contribution in [-0.2, 0) is 14.8 Å². The number of ether oxygens (including phenoxy) is 1. The van der Waals surface area contributed by atoms with E-state index in [-0.39, 0.29) is 18.0 Å². The summed E-state index contributed by atoms with van der Waals surface area (Å²) in [6, 6.07) is 11.3. The summed E-state index contributed by atoms with van der Waals surface area (Å²) in [5.41, 5.74) is 1.27. The molecule has 146 valence electrons. The van der Waals surface area contributed by atoms with Crippen molar-refractivity contribution in [2.24, 2.45) is 0 Å². The first-order valence-corrected chi connectivity index (χ1v) is 10.4. The number of benzene rings is 2. The summed E-state index contributed by atoms with van der Waals surface area (Å²) in [6.07, 6.45) is 0. The van der Waals surface area contributed by atoms with Gasteiger partial charge in [0.05, 0.1) is 18.0 Å². The van der Waals surface area contributed by atoms with E-state index >= 15 is 0 Å². The third-order valence-electron chi connectivity index (χ3n) is 3.88. The summed E-state index contributed by atoms with van der Waals surface area (Å²) in [7, 11) is -3.80. The van der Waals surface area contributed by atoms with E-state index in [1.807, 2.05) is 6.92 Å². The highest BCUT2D eigenvalue weighted by Crippen LogP contribution is 2.24. The topological polar surface area (TPSA) is 75.7 Å². The summed E-state index contributed by atoms with van der Waals surface area (Å²) in [4.78, 5) is 12.4.